The van der Waals surface area contributed by atoms with Gasteiger partial charge in [-0.25, -0.2) is 0 Å². The maximum atomic E-state index is 12.3. The van der Waals surface area contributed by atoms with Crippen LogP contribution < -0.4 is 5.32 Å². The van der Waals surface area contributed by atoms with E-state index in [1.165, 1.54) is 0 Å². The number of benzene rings is 1. The van der Waals surface area contributed by atoms with Crippen LogP contribution in [0.15, 0.2) is 27.1 Å². The average Bonchev–Trinajstić information content (AvgIpc) is 3.33. The smallest absolute Gasteiger partial charge is 0.316 e. The Morgan fingerprint density at radius 3 is 2.76 bits per heavy atom. The predicted octanol–water partition coefficient (Wildman–Crippen LogP) is 2.47. The van der Waals surface area contributed by atoms with Crippen LogP contribution in [0.5, 0.6) is 0 Å². The highest BCUT2D eigenvalue weighted by Crippen LogP contribution is 2.32. The number of nitrogens with one attached hydrogen (secondary N) is 1. The fourth-order valence-electron chi connectivity index (χ4n) is 3.66. The molecule has 0 bridgehead atoms. The second-order valence-corrected chi connectivity index (χ2v) is 7.69. The Balaban J connectivity index is 1.35. The highest BCUT2D eigenvalue weighted by atomic mass is 16.5. The van der Waals surface area contributed by atoms with Gasteiger partial charge in [0, 0.05) is 43.7 Å². The van der Waals surface area contributed by atoms with Crippen molar-refractivity contribution in [2.45, 2.75) is 20.3 Å². The molecule has 154 valence electrons. The Morgan fingerprint density at radius 2 is 2.00 bits per heavy atom. The third-order valence-electron chi connectivity index (χ3n) is 5.52. The van der Waals surface area contributed by atoms with Gasteiger partial charge in [-0.3, -0.25) is 4.79 Å². The van der Waals surface area contributed by atoms with Crippen molar-refractivity contribution in [3.05, 3.63) is 35.2 Å². The summed E-state index contributed by atoms with van der Waals surface area (Å²) in [5.41, 5.74) is 2.78. The number of hydrogen-bond acceptors (Lipinski definition) is 7. The van der Waals surface area contributed by atoms with Crippen LogP contribution in [0, 0.1) is 13.8 Å². The number of amides is 1. The van der Waals surface area contributed by atoms with Gasteiger partial charge >= 0.3 is 11.8 Å². The molecule has 1 N–H and O–H groups in total. The maximum Gasteiger partial charge on any atom is 0.316 e. The number of carbonyl (C=O) groups excluding carboxylic acids is 1. The molecule has 8 heteroatoms. The molecule has 8 nitrogen and oxygen atoms in total. The molecule has 0 atom stereocenters. The minimum absolute atomic E-state index is 0.0452. The third-order valence-corrected chi connectivity index (χ3v) is 5.52. The standard InChI is InChI=1S/C21H27N5O3/c1-14-6-4-7-16-15(2)18(28-17(14)16)19-23-21(29-24-19)20(27)22-8-5-9-26-12-10-25(3)11-13-26/h4,6-7H,5,8-13H2,1-3H3,(H,22,27). The van der Waals surface area contributed by atoms with Crippen molar-refractivity contribution in [3.63, 3.8) is 0 Å². The minimum Gasteiger partial charge on any atom is -0.452 e. The first-order valence-electron chi connectivity index (χ1n) is 10.0. The van der Waals surface area contributed by atoms with Crippen LogP contribution in [-0.2, 0) is 0 Å². The zero-order valence-corrected chi connectivity index (χ0v) is 17.2. The van der Waals surface area contributed by atoms with Gasteiger partial charge in [0.15, 0.2) is 5.76 Å². The Morgan fingerprint density at radius 1 is 1.21 bits per heavy atom. The molecule has 1 aliphatic heterocycles. The molecule has 0 saturated carbocycles. The molecule has 0 unspecified atom stereocenters. The minimum atomic E-state index is -0.355. The van der Waals surface area contributed by atoms with E-state index in [0.717, 1.165) is 61.2 Å². The quantitative estimate of drug-likeness (QED) is 0.639. The van der Waals surface area contributed by atoms with Gasteiger partial charge in [0.05, 0.1) is 0 Å². The van der Waals surface area contributed by atoms with Crippen LogP contribution in [0.3, 0.4) is 0 Å². The Hall–Kier alpha value is -2.71. The molecule has 2 aromatic heterocycles. The van der Waals surface area contributed by atoms with E-state index < -0.39 is 0 Å². The second-order valence-electron chi connectivity index (χ2n) is 7.69. The normalized spacial score (nSPS) is 15.8. The summed E-state index contributed by atoms with van der Waals surface area (Å²) in [5, 5.41) is 7.82. The van der Waals surface area contributed by atoms with Gasteiger partial charge in [-0.1, -0.05) is 23.4 Å². The van der Waals surface area contributed by atoms with Crippen LogP contribution in [0.1, 0.15) is 28.2 Å². The molecule has 1 amide bonds. The van der Waals surface area contributed by atoms with Crippen molar-refractivity contribution in [2.24, 2.45) is 0 Å². The molecular weight excluding hydrogens is 370 g/mol. The summed E-state index contributed by atoms with van der Waals surface area (Å²) in [4.78, 5) is 21.3. The summed E-state index contributed by atoms with van der Waals surface area (Å²) in [7, 11) is 2.14. The van der Waals surface area contributed by atoms with Gasteiger partial charge in [-0.2, -0.15) is 4.98 Å². The van der Waals surface area contributed by atoms with Crippen molar-refractivity contribution < 1.29 is 13.7 Å². The van der Waals surface area contributed by atoms with Gasteiger partial charge in [0.1, 0.15) is 5.58 Å². The van der Waals surface area contributed by atoms with E-state index in [-0.39, 0.29) is 11.8 Å². The van der Waals surface area contributed by atoms with Crippen LogP contribution in [0.4, 0.5) is 0 Å². The third kappa shape index (κ3) is 4.18. The number of aryl methyl sites for hydroxylation is 2. The summed E-state index contributed by atoms with van der Waals surface area (Å²) in [5.74, 6) is 0.427. The Bertz CT molecular complexity index is 1000. The molecule has 4 rings (SSSR count). The van der Waals surface area contributed by atoms with Crippen molar-refractivity contribution in [3.8, 4) is 11.6 Å². The fourth-order valence-corrected chi connectivity index (χ4v) is 3.66. The lowest BCUT2D eigenvalue weighted by molar-refractivity contribution is 0.0905. The van der Waals surface area contributed by atoms with E-state index in [2.05, 4.69) is 32.3 Å². The molecule has 3 heterocycles. The van der Waals surface area contributed by atoms with E-state index in [0.29, 0.717) is 18.1 Å². The van der Waals surface area contributed by atoms with Gasteiger partial charge in [-0.05, 0) is 39.4 Å². The van der Waals surface area contributed by atoms with E-state index in [4.69, 9.17) is 8.94 Å². The first-order chi connectivity index (χ1) is 14.0. The summed E-state index contributed by atoms with van der Waals surface area (Å²) in [6, 6.07) is 5.98. The second kappa shape index (κ2) is 8.34. The topological polar surface area (TPSA) is 87.6 Å². The van der Waals surface area contributed by atoms with Crippen molar-refractivity contribution in [1.29, 1.82) is 0 Å². The zero-order valence-electron chi connectivity index (χ0n) is 17.2. The summed E-state index contributed by atoms with van der Waals surface area (Å²) in [6.45, 7) is 9.84. The predicted molar refractivity (Wildman–Crippen MR) is 110 cm³/mol. The van der Waals surface area contributed by atoms with E-state index >= 15 is 0 Å². The number of likely N-dealkylation sites (N-methyl/N-ethyl adjacent to an activating group) is 1. The first-order valence-corrected chi connectivity index (χ1v) is 10.0. The number of para-hydroxylation sites is 1. The largest absolute Gasteiger partial charge is 0.452 e. The van der Waals surface area contributed by atoms with E-state index in [1.807, 2.05) is 32.0 Å². The SMILES string of the molecule is Cc1c(-c2noc(C(=O)NCCCN3CCN(C)CC3)n2)oc2c(C)cccc12. The molecule has 0 radical (unpaired) electrons. The van der Waals surface area contributed by atoms with E-state index in [1.54, 1.807) is 0 Å². The fraction of sp³-hybridized carbons (Fsp3) is 0.476. The van der Waals surface area contributed by atoms with Gasteiger partial charge in [0.2, 0.25) is 5.82 Å². The molecule has 0 spiro atoms. The lowest BCUT2D eigenvalue weighted by Gasteiger charge is -2.32. The van der Waals surface area contributed by atoms with Gasteiger partial charge in [0.25, 0.3) is 0 Å². The van der Waals surface area contributed by atoms with Crippen LogP contribution in [0.25, 0.3) is 22.6 Å². The lowest BCUT2D eigenvalue weighted by atomic mass is 10.1. The number of piperazine rings is 1. The molecule has 1 fully saturated rings. The van der Waals surface area contributed by atoms with Crippen LogP contribution >= 0.6 is 0 Å². The number of carbonyl (C=O) groups is 1. The van der Waals surface area contributed by atoms with Gasteiger partial charge in [-0.15, -0.1) is 0 Å². The molecule has 3 aromatic rings. The van der Waals surface area contributed by atoms with Crippen LogP contribution in [-0.4, -0.2) is 72.2 Å². The number of furan rings is 1. The number of hydrogen-bond donors (Lipinski definition) is 1. The average molecular weight is 397 g/mol. The van der Waals surface area contributed by atoms with Crippen LogP contribution in [0.2, 0.25) is 0 Å². The zero-order chi connectivity index (χ0) is 20.4. The summed E-state index contributed by atoms with van der Waals surface area (Å²) in [6.07, 6.45) is 0.887. The summed E-state index contributed by atoms with van der Waals surface area (Å²) < 4.78 is 11.1. The van der Waals surface area contributed by atoms with Crippen molar-refractivity contribution >= 4 is 16.9 Å². The lowest BCUT2D eigenvalue weighted by Crippen LogP contribution is -2.45. The molecule has 1 aromatic carbocycles. The van der Waals surface area contributed by atoms with E-state index in [9.17, 15) is 4.79 Å². The molecular formula is C21H27N5O3. The van der Waals surface area contributed by atoms with Crippen molar-refractivity contribution in [1.82, 2.24) is 25.3 Å². The Labute approximate surface area is 169 Å². The first kappa shape index (κ1) is 19.6. The molecule has 29 heavy (non-hydrogen) atoms. The number of fused-ring (bicyclic) bond motifs is 1. The maximum absolute atomic E-state index is 12.3. The molecule has 1 saturated heterocycles. The highest BCUT2D eigenvalue weighted by Gasteiger charge is 2.21. The van der Waals surface area contributed by atoms with Crippen molar-refractivity contribution in [2.75, 3.05) is 46.3 Å². The number of rotatable bonds is 6. The molecule has 1 aliphatic rings. The number of nitrogens with zero attached hydrogens (tertiary/aromatic N) is 4. The molecule has 0 aliphatic carbocycles. The highest BCUT2D eigenvalue weighted by molar-refractivity contribution is 5.91. The number of aromatic nitrogens is 2. The Kier molecular flexibility index (Phi) is 5.64. The summed E-state index contributed by atoms with van der Waals surface area (Å²) >= 11 is 0. The monoisotopic (exact) mass is 397 g/mol. The van der Waals surface area contributed by atoms with Gasteiger partial charge < -0.3 is 24.1 Å².